The molecular weight excluding hydrogens is 218 g/mol. The summed E-state index contributed by atoms with van der Waals surface area (Å²) in [5.74, 6) is 1.72. The van der Waals surface area contributed by atoms with Crippen LogP contribution in [0.4, 0.5) is 0 Å². The summed E-state index contributed by atoms with van der Waals surface area (Å²) in [5.41, 5.74) is 7.00. The molecule has 1 aromatic carbocycles. The van der Waals surface area contributed by atoms with E-state index in [1.54, 1.807) is 0 Å². The molecule has 1 atom stereocenters. The number of unbranched alkanes of at least 4 members (excludes halogenated alkanes) is 1. The lowest BCUT2D eigenvalue weighted by Crippen LogP contribution is -2.21. The van der Waals surface area contributed by atoms with Gasteiger partial charge in [-0.25, -0.2) is 0 Å². The van der Waals surface area contributed by atoms with E-state index >= 15 is 0 Å². The molecule has 1 rings (SSSR count). The van der Waals surface area contributed by atoms with Gasteiger partial charge in [0.2, 0.25) is 0 Å². The zero-order valence-corrected chi connectivity index (χ0v) is 10.7. The normalized spacial score (nSPS) is 12.4. The van der Waals surface area contributed by atoms with Gasteiger partial charge in [-0.05, 0) is 43.9 Å². The summed E-state index contributed by atoms with van der Waals surface area (Å²) in [5, 5.41) is 0. The Kier molecular flexibility index (Phi) is 6.34. The van der Waals surface area contributed by atoms with Crippen LogP contribution in [0.2, 0.25) is 0 Å². The summed E-state index contributed by atoms with van der Waals surface area (Å²) in [7, 11) is 0. The molecule has 0 heterocycles. The molecule has 3 heteroatoms. The quantitative estimate of drug-likeness (QED) is 0.567. The standard InChI is InChI=1S/C13H21NOS/c1-11-5-4-7-13(9-11)15-8-3-2-6-12(14)10-16/h4-5,7,9,12,16H,2-3,6,8,10,14H2,1H3/t12-/m1/s1. The van der Waals surface area contributed by atoms with Crippen LogP contribution in [0.3, 0.4) is 0 Å². The van der Waals surface area contributed by atoms with Gasteiger partial charge in [-0.3, -0.25) is 0 Å². The fraction of sp³-hybridized carbons (Fsp3) is 0.538. The Balaban J connectivity index is 2.12. The van der Waals surface area contributed by atoms with Crippen LogP contribution in [0.1, 0.15) is 24.8 Å². The molecule has 90 valence electrons. The van der Waals surface area contributed by atoms with E-state index < -0.39 is 0 Å². The highest BCUT2D eigenvalue weighted by atomic mass is 32.1. The van der Waals surface area contributed by atoms with Gasteiger partial charge in [0.15, 0.2) is 0 Å². The van der Waals surface area contributed by atoms with Gasteiger partial charge in [-0.15, -0.1) is 0 Å². The van der Waals surface area contributed by atoms with Crippen LogP contribution >= 0.6 is 12.6 Å². The van der Waals surface area contributed by atoms with Crippen molar-refractivity contribution in [2.75, 3.05) is 12.4 Å². The summed E-state index contributed by atoms with van der Waals surface area (Å²) in [6.07, 6.45) is 3.18. The molecule has 0 aliphatic rings. The molecule has 0 aliphatic carbocycles. The molecule has 0 spiro atoms. The van der Waals surface area contributed by atoms with Crippen molar-refractivity contribution in [2.24, 2.45) is 5.73 Å². The van der Waals surface area contributed by atoms with Crippen molar-refractivity contribution in [3.8, 4) is 5.75 Å². The topological polar surface area (TPSA) is 35.2 Å². The average Bonchev–Trinajstić information content (AvgIpc) is 2.28. The largest absolute Gasteiger partial charge is 0.494 e. The molecule has 0 fully saturated rings. The summed E-state index contributed by atoms with van der Waals surface area (Å²) >= 11 is 4.15. The van der Waals surface area contributed by atoms with Gasteiger partial charge in [0, 0.05) is 11.8 Å². The van der Waals surface area contributed by atoms with E-state index in [9.17, 15) is 0 Å². The Morgan fingerprint density at radius 2 is 2.19 bits per heavy atom. The maximum Gasteiger partial charge on any atom is 0.119 e. The third-order valence-corrected chi connectivity index (χ3v) is 2.93. The van der Waals surface area contributed by atoms with Crippen LogP contribution in [0.5, 0.6) is 5.75 Å². The van der Waals surface area contributed by atoms with Crippen LogP contribution < -0.4 is 10.5 Å². The first kappa shape index (κ1) is 13.4. The molecule has 0 saturated carbocycles. The van der Waals surface area contributed by atoms with Crippen LogP contribution in [0, 0.1) is 6.92 Å². The van der Waals surface area contributed by atoms with Gasteiger partial charge < -0.3 is 10.5 Å². The minimum atomic E-state index is 0.224. The second-order valence-corrected chi connectivity index (χ2v) is 4.47. The van der Waals surface area contributed by atoms with Gasteiger partial charge in [0.25, 0.3) is 0 Å². The Morgan fingerprint density at radius 3 is 2.88 bits per heavy atom. The number of aryl methyl sites for hydroxylation is 1. The smallest absolute Gasteiger partial charge is 0.119 e. The second kappa shape index (κ2) is 7.58. The number of rotatable bonds is 7. The van der Waals surface area contributed by atoms with E-state index in [1.165, 1.54) is 5.56 Å². The molecule has 2 nitrogen and oxygen atoms in total. The summed E-state index contributed by atoms with van der Waals surface area (Å²) < 4.78 is 5.64. The third-order valence-electron chi connectivity index (χ3n) is 2.46. The van der Waals surface area contributed by atoms with Crippen molar-refractivity contribution >= 4 is 12.6 Å². The van der Waals surface area contributed by atoms with Crippen LogP contribution in [-0.4, -0.2) is 18.4 Å². The molecule has 0 bridgehead atoms. The van der Waals surface area contributed by atoms with E-state index in [-0.39, 0.29) is 6.04 Å². The molecule has 0 aliphatic heterocycles. The van der Waals surface area contributed by atoms with E-state index in [1.807, 2.05) is 12.1 Å². The van der Waals surface area contributed by atoms with E-state index in [0.29, 0.717) is 0 Å². The first-order chi connectivity index (χ1) is 7.72. The third kappa shape index (κ3) is 5.42. The fourth-order valence-corrected chi connectivity index (χ4v) is 1.68. The average molecular weight is 239 g/mol. The van der Waals surface area contributed by atoms with Crippen molar-refractivity contribution in [3.63, 3.8) is 0 Å². The van der Waals surface area contributed by atoms with E-state index in [4.69, 9.17) is 10.5 Å². The van der Waals surface area contributed by atoms with Crippen LogP contribution in [0.15, 0.2) is 24.3 Å². The number of nitrogens with two attached hydrogens (primary N) is 1. The number of benzene rings is 1. The van der Waals surface area contributed by atoms with Crippen molar-refractivity contribution in [1.29, 1.82) is 0 Å². The molecule has 2 N–H and O–H groups in total. The Labute approximate surface area is 104 Å². The second-order valence-electron chi connectivity index (χ2n) is 4.10. The minimum absolute atomic E-state index is 0.224. The highest BCUT2D eigenvalue weighted by molar-refractivity contribution is 7.80. The Hall–Kier alpha value is -0.670. The van der Waals surface area contributed by atoms with Crippen molar-refractivity contribution in [2.45, 2.75) is 32.2 Å². The fourth-order valence-electron chi connectivity index (χ4n) is 1.50. The maximum atomic E-state index is 5.77. The lowest BCUT2D eigenvalue weighted by atomic mass is 10.1. The molecule has 16 heavy (non-hydrogen) atoms. The zero-order valence-electron chi connectivity index (χ0n) is 9.86. The summed E-state index contributed by atoms with van der Waals surface area (Å²) in [6.45, 7) is 2.83. The predicted octanol–water partition coefficient (Wildman–Crippen LogP) is 2.80. The monoisotopic (exact) mass is 239 g/mol. The van der Waals surface area contributed by atoms with Crippen molar-refractivity contribution in [3.05, 3.63) is 29.8 Å². The number of ether oxygens (including phenoxy) is 1. The van der Waals surface area contributed by atoms with Gasteiger partial charge in [0.05, 0.1) is 6.61 Å². The Morgan fingerprint density at radius 1 is 1.38 bits per heavy atom. The molecular formula is C13H21NOS. The lowest BCUT2D eigenvalue weighted by Gasteiger charge is -2.09. The number of hydrogen-bond acceptors (Lipinski definition) is 3. The molecule has 1 aromatic rings. The summed E-state index contributed by atoms with van der Waals surface area (Å²) in [4.78, 5) is 0. The Bertz CT molecular complexity index is 304. The van der Waals surface area contributed by atoms with Crippen LogP contribution in [-0.2, 0) is 0 Å². The first-order valence-electron chi connectivity index (χ1n) is 5.78. The molecule has 0 amide bonds. The van der Waals surface area contributed by atoms with E-state index in [2.05, 4.69) is 31.7 Å². The maximum absolute atomic E-state index is 5.77. The van der Waals surface area contributed by atoms with E-state index in [0.717, 1.165) is 37.4 Å². The molecule has 0 aromatic heterocycles. The zero-order chi connectivity index (χ0) is 11.8. The predicted molar refractivity (Wildman–Crippen MR) is 72.4 cm³/mol. The number of thiol groups is 1. The van der Waals surface area contributed by atoms with Gasteiger partial charge in [-0.1, -0.05) is 12.1 Å². The van der Waals surface area contributed by atoms with Crippen molar-refractivity contribution in [1.82, 2.24) is 0 Å². The number of hydrogen-bond donors (Lipinski definition) is 2. The van der Waals surface area contributed by atoms with Gasteiger partial charge in [0.1, 0.15) is 5.75 Å². The van der Waals surface area contributed by atoms with Crippen molar-refractivity contribution < 1.29 is 4.74 Å². The van der Waals surface area contributed by atoms with Gasteiger partial charge >= 0.3 is 0 Å². The molecule has 0 unspecified atom stereocenters. The van der Waals surface area contributed by atoms with Crippen LogP contribution in [0.25, 0.3) is 0 Å². The highest BCUT2D eigenvalue weighted by Gasteiger charge is 1.99. The SMILES string of the molecule is Cc1cccc(OCCCC[C@@H](N)CS)c1. The lowest BCUT2D eigenvalue weighted by molar-refractivity contribution is 0.303. The molecule has 0 saturated heterocycles. The highest BCUT2D eigenvalue weighted by Crippen LogP contribution is 2.13. The molecule has 0 radical (unpaired) electrons. The summed E-state index contributed by atoms with van der Waals surface area (Å²) in [6, 6.07) is 8.36. The minimum Gasteiger partial charge on any atom is -0.494 e. The first-order valence-corrected chi connectivity index (χ1v) is 6.41. The van der Waals surface area contributed by atoms with Gasteiger partial charge in [-0.2, -0.15) is 12.6 Å².